The SMILES string of the molecule is CC1(c2ccc(O)cc2)CN(C(=O)c2ccccn2)C1.[Re]. The van der Waals surface area contributed by atoms with E-state index in [2.05, 4.69) is 11.9 Å². The largest absolute Gasteiger partial charge is 0.508 e. The Morgan fingerprint density at radius 3 is 2.43 bits per heavy atom. The predicted octanol–water partition coefficient (Wildman–Crippen LogP) is 2.20. The van der Waals surface area contributed by atoms with Crippen LogP contribution in [0, 0.1) is 0 Å². The van der Waals surface area contributed by atoms with E-state index >= 15 is 0 Å². The molecule has 1 aromatic carbocycles. The Bertz CT molecular complexity index is 622. The van der Waals surface area contributed by atoms with Crippen LogP contribution in [0.25, 0.3) is 0 Å². The Kier molecular flexibility index (Phi) is 4.46. The second kappa shape index (κ2) is 5.97. The molecule has 1 radical (unpaired) electrons. The van der Waals surface area contributed by atoms with Crippen molar-refractivity contribution in [2.75, 3.05) is 13.1 Å². The number of carbonyl (C=O) groups is 1. The van der Waals surface area contributed by atoms with Crippen molar-refractivity contribution in [3.05, 3.63) is 59.9 Å². The quantitative estimate of drug-likeness (QED) is 0.757. The van der Waals surface area contributed by atoms with Crippen molar-refractivity contribution in [3.63, 3.8) is 0 Å². The van der Waals surface area contributed by atoms with Gasteiger partial charge in [0.05, 0.1) is 0 Å². The summed E-state index contributed by atoms with van der Waals surface area (Å²) in [6.45, 7) is 3.47. The molecule has 0 spiro atoms. The summed E-state index contributed by atoms with van der Waals surface area (Å²) in [6, 6.07) is 12.6. The van der Waals surface area contributed by atoms with Crippen molar-refractivity contribution in [3.8, 4) is 5.75 Å². The second-order valence-corrected chi connectivity index (χ2v) is 5.48. The van der Waals surface area contributed by atoms with Gasteiger partial charge in [-0.25, -0.2) is 0 Å². The first-order valence-electron chi connectivity index (χ1n) is 6.58. The molecule has 4 nitrogen and oxygen atoms in total. The van der Waals surface area contributed by atoms with E-state index in [0.717, 1.165) is 5.56 Å². The number of phenolic OH excluding ortho intramolecular Hbond substituents is 1. The van der Waals surface area contributed by atoms with Gasteiger partial charge in [-0.3, -0.25) is 9.78 Å². The molecule has 2 aromatic rings. The molecule has 0 saturated carbocycles. The fraction of sp³-hybridized carbons (Fsp3) is 0.250. The summed E-state index contributed by atoms with van der Waals surface area (Å²) in [5, 5.41) is 9.33. The smallest absolute Gasteiger partial charge is 0.272 e. The first-order valence-corrected chi connectivity index (χ1v) is 6.58. The number of pyridine rings is 1. The zero-order valence-electron chi connectivity index (χ0n) is 11.7. The zero-order valence-corrected chi connectivity index (χ0v) is 14.4. The van der Waals surface area contributed by atoms with Crippen LogP contribution >= 0.6 is 0 Å². The molecule has 0 unspecified atom stereocenters. The van der Waals surface area contributed by atoms with Crippen molar-refractivity contribution in [1.29, 1.82) is 0 Å². The molecule has 1 N–H and O–H groups in total. The van der Waals surface area contributed by atoms with Crippen molar-refractivity contribution in [1.82, 2.24) is 9.88 Å². The number of phenols is 1. The number of amides is 1. The summed E-state index contributed by atoms with van der Waals surface area (Å²) in [6.07, 6.45) is 1.63. The number of carbonyl (C=O) groups excluding carboxylic acids is 1. The van der Waals surface area contributed by atoms with Gasteiger partial charge in [0.1, 0.15) is 11.4 Å². The molecule has 1 aliphatic rings. The molecule has 1 aromatic heterocycles. The van der Waals surface area contributed by atoms with Crippen LogP contribution in [0.15, 0.2) is 48.7 Å². The van der Waals surface area contributed by atoms with E-state index in [4.69, 9.17) is 0 Å². The van der Waals surface area contributed by atoms with Gasteiger partial charge in [0, 0.05) is 45.1 Å². The third-order valence-corrected chi connectivity index (χ3v) is 3.82. The van der Waals surface area contributed by atoms with Crippen LogP contribution in [-0.2, 0) is 25.8 Å². The van der Waals surface area contributed by atoms with E-state index in [0.29, 0.717) is 18.8 Å². The molecular formula is C16H16N2O2Re. The fourth-order valence-corrected chi connectivity index (χ4v) is 2.64. The van der Waals surface area contributed by atoms with Gasteiger partial charge in [-0.15, -0.1) is 0 Å². The summed E-state index contributed by atoms with van der Waals surface area (Å²) in [5.41, 5.74) is 1.58. The molecular weight excluding hydrogens is 438 g/mol. The Balaban J connectivity index is 0.00000161. The first-order chi connectivity index (χ1) is 9.58. The minimum atomic E-state index is -0.0435. The summed E-state index contributed by atoms with van der Waals surface area (Å²) in [4.78, 5) is 18.1. The van der Waals surface area contributed by atoms with Crippen molar-refractivity contribution in [2.45, 2.75) is 12.3 Å². The van der Waals surface area contributed by atoms with Crippen LogP contribution in [0.1, 0.15) is 23.0 Å². The van der Waals surface area contributed by atoms with Gasteiger partial charge in [-0.05, 0) is 29.8 Å². The number of hydrogen-bond donors (Lipinski definition) is 1. The monoisotopic (exact) mass is 455 g/mol. The Morgan fingerprint density at radius 1 is 1.19 bits per heavy atom. The van der Waals surface area contributed by atoms with Crippen LogP contribution < -0.4 is 0 Å². The first kappa shape index (κ1) is 15.7. The number of benzene rings is 1. The molecule has 5 heteroatoms. The summed E-state index contributed by atoms with van der Waals surface area (Å²) >= 11 is 0. The van der Waals surface area contributed by atoms with Gasteiger partial charge in [-0.2, -0.15) is 0 Å². The van der Waals surface area contributed by atoms with E-state index in [1.165, 1.54) is 0 Å². The molecule has 2 heterocycles. The molecule has 1 fully saturated rings. The number of aromatic nitrogens is 1. The van der Waals surface area contributed by atoms with Gasteiger partial charge in [-0.1, -0.05) is 25.1 Å². The molecule has 0 bridgehead atoms. The van der Waals surface area contributed by atoms with Crippen LogP contribution in [-0.4, -0.2) is 34.0 Å². The Hall–Kier alpha value is -1.70. The number of likely N-dealkylation sites (tertiary alicyclic amines) is 1. The van der Waals surface area contributed by atoms with Gasteiger partial charge in [0.15, 0.2) is 0 Å². The third kappa shape index (κ3) is 2.99. The van der Waals surface area contributed by atoms with Crippen LogP contribution in [0.5, 0.6) is 5.75 Å². The number of aromatic hydroxyl groups is 1. The Labute approximate surface area is 137 Å². The molecule has 3 rings (SSSR count). The van der Waals surface area contributed by atoms with Crippen LogP contribution in [0.3, 0.4) is 0 Å². The molecule has 21 heavy (non-hydrogen) atoms. The maximum absolute atomic E-state index is 12.2. The van der Waals surface area contributed by atoms with E-state index in [1.54, 1.807) is 35.4 Å². The van der Waals surface area contributed by atoms with E-state index in [1.807, 2.05) is 18.2 Å². The summed E-state index contributed by atoms with van der Waals surface area (Å²) in [7, 11) is 0. The summed E-state index contributed by atoms with van der Waals surface area (Å²) in [5.74, 6) is 0.236. The van der Waals surface area contributed by atoms with Gasteiger partial charge in [0.25, 0.3) is 5.91 Å². The molecule has 1 aliphatic heterocycles. The molecule has 1 amide bonds. The minimum absolute atomic E-state index is 0. The van der Waals surface area contributed by atoms with Gasteiger partial charge < -0.3 is 10.0 Å². The number of rotatable bonds is 2. The topological polar surface area (TPSA) is 53.4 Å². The number of hydrogen-bond acceptors (Lipinski definition) is 3. The fourth-order valence-electron chi connectivity index (χ4n) is 2.64. The predicted molar refractivity (Wildman–Crippen MR) is 75.6 cm³/mol. The zero-order chi connectivity index (χ0) is 14.2. The van der Waals surface area contributed by atoms with Crippen molar-refractivity contribution >= 4 is 5.91 Å². The van der Waals surface area contributed by atoms with Crippen molar-refractivity contribution < 1.29 is 30.3 Å². The summed E-state index contributed by atoms with van der Waals surface area (Å²) < 4.78 is 0. The van der Waals surface area contributed by atoms with Gasteiger partial charge in [0.2, 0.25) is 0 Å². The Morgan fingerprint density at radius 2 is 1.86 bits per heavy atom. The molecule has 109 valence electrons. The van der Waals surface area contributed by atoms with E-state index < -0.39 is 0 Å². The van der Waals surface area contributed by atoms with Gasteiger partial charge >= 0.3 is 0 Å². The van der Waals surface area contributed by atoms with Crippen molar-refractivity contribution in [2.24, 2.45) is 0 Å². The standard InChI is InChI=1S/C16H16N2O2.Re/c1-16(12-5-7-13(19)8-6-12)10-18(11-16)15(20)14-4-2-3-9-17-14;/h2-9,19H,10-11H2,1H3;. The molecule has 1 saturated heterocycles. The van der Waals surface area contributed by atoms with E-state index in [-0.39, 0.29) is 37.5 Å². The normalized spacial score (nSPS) is 15.8. The maximum atomic E-state index is 12.2. The number of nitrogens with zero attached hydrogens (tertiary/aromatic N) is 2. The average Bonchev–Trinajstić information content (AvgIpc) is 2.45. The average molecular weight is 455 g/mol. The van der Waals surface area contributed by atoms with E-state index in [9.17, 15) is 9.90 Å². The maximum Gasteiger partial charge on any atom is 0.272 e. The molecule has 0 aliphatic carbocycles. The third-order valence-electron chi connectivity index (χ3n) is 3.82. The van der Waals surface area contributed by atoms with Crippen LogP contribution in [0.2, 0.25) is 0 Å². The minimum Gasteiger partial charge on any atom is -0.508 e. The second-order valence-electron chi connectivity index (χ2n) is 5.48. The van der Waals surface area contributed by atoms with Crippen LogP contribution in [0.4, 0.5) is 0 Å². The molecule has 0 atom stereocenters.